The van der Waals surface area contributed by atoms with Crippen LogP contribution in [0.25, 0.3) is 0 Å². The molecule has 2 aromatic rings. The summed E-state index contributed by atoms with van der Waals surface area (Å²) in [5, 5.41) is 9.40. The fourth-order valence-electron chi connectivity index (χ4n) is 1.84. The molecule has 0 saturated heterocycles. The number of aromatic nitrogens is 1. The molecule has 0 saturated carbocycles. The average Bonchev–Trinajstić information content (AvgIpc) is 2.41. The Hall–Kier alpha value is -1.94. The van der Waals surface area contributed by atoms with Gasteiger partial charge in [-0.1, -0.05) is 18.2 Å². The molecule has 1 N–H and O–H groups in total. The van der Waals surface area contributed by atoms with Crippen LogP contribution < -0.4 is 4.90 Å². The fourth-order valence-corrected chi connectivity index (χ4v) is 1.84. The van der Waals surface area contributed by atoms with Gasteiger partial charge in [0, 0.05) is 19.2 Å². The maximum Gasteiger partial charge on any atom is 0.128 e. The predicted octanol–water partition coefficient (Wildman–Crippen LogP) is 2.91. The molecule has 0 aliphatic heterocycles. The number of nitrogens with zero attached hydrogens (tertiary/aromatic N) is 2. The van der Waals surface area contributed by atoms with Gasteiger partial charge < -0.3 is 10.0 Å². The third-order valence-corrected chi connectivity index (χ3v) is 3.00. The van der Waals surface area contributed by atoms with Gasteiger partial charge in [0.2, 0.25) is 0 Å². The van der Waals surface area contributed by atoms with Crippen LogP contribution in [0.4, 0.5) is 10.1 Å². The quantitative estimate of drug-likeness (QED) is 0.918. The van der Waals surface area contributed by atoms with Crippen molar-refractivity contribution < 1.29 is 9.50 Å². The molecule has 1 aromatic heterocycles. The number of benzene rings is 1. The van der Waals surface area contributed by atoms with Crippen molar-refractivity contribution in [3.63, 3.8) is 0 Å². The van der Waals surface area contributed by atoms with Crippen LogP contribution in [0, 0.1) is 5.82 Å². The molecule has 0 radical (unpaired) electrons. The lowest BCUT2D eigenvalue weighted by Gasteiger charge is -2.19. The van der Waals surface area contributed by atoms with Crippen molar-refractivity contribution >= 4 is 5.69 Å². The van der Waals surface area contributed by atoms with Gasteiger partial charge in [0.05, 0.1) is 23.7 Å². The number of aliphatic hydroxyl groups excluding tert-OH is 1. The highest BCUT2D eigenvalue weighted by Gasteiger charge is 2.07. The first-order valence-electron chi connectivity index (χ1n) is 6.16. The molecule has 1 heterocycles. The first-order valence-corrected chi connectivity index (χ1v) is 6.16. The molecular weight excluding hydrogens is 243 g/mol. The third kappa shape index (κ3) is 3.29. The summed E-state index contributed by atoms with van der Waals surface area (Å²) in [5.41, 5.74) is 2.15. The van der Waals surface area contributed by atoms with Crippen molar-refractivity contribution in [3.8, 4) is 0 Å². The Kier molecular flexibility index (Phi) is 4.12. The largest absolute Gasteiger partial charge is 0.387 e. The first-order chi connectivity index (χ1) is 9.08. The van der Waals surface area contributed by atoms with E-state index in [0.717, 1.165) is 5.69 Å². The van der Waals surface area contributed by atoms with Crippen LogP contribution in [0.1, 0.15) is 24.3 Å². The zero-order valence-corrected chi connectivity index (χ0v) is 11.0. The lowest BCUT2D eigenvalue weighted by Crippen LogP contribution is -2.17. The minimum absolute atomic E-state index is 0.206. The minimum atomic E-state index is -0.578. The maximum atomic E-state index is 13.6. The van der Waals surface area contributed by atoms with Gasteiger partial charge in [-0.15, -0.1) is 0 Å². The molecule has 2 rings (SSSR count). The monoisotopic (exact) mass is 260 g/mol. The molecule has 4 heteroatoms. The topological polar surface area (TPSA) is 36.4 Å². The maximum absolute atomic E-state index is 13.6. The number of anilines is 1. The number of hydrogen-bond acceptors (Lipinski definition) is 3. The van der Waals surface area contributed by atoms with Crippen molar-refractivity contribution in [2.24, 2.45) is 0 Å². The van der Waals surface area contributed by atoms with E-state index in [9.17, 15) is 9.50 Å². The number of hydrogen-bond donors (Lipinski definition) is 1. The number of aliphatic hydroxyl groups is 1. The first kappa shape index (κ1) is 13.5. The van der Waals surface area contributed by atoms with E-state index < -0.39 is 6.10 Å². The van der Waals surface area contributed by atoms with Crippen molar-refractivity contribution in [1.82, 2.24) is 4.98 Å². The van der Waals surface area contributed by atoms with Gasteiger partial charge in [-0.3, -0.25) is 4.98 Å². The summed E-state index contributed by atoms with van der Waals surface area (Å²) in [4.78, 5) is 6.09. The normalized spacial score (nSPS) is 12.2. The molecule has 0 spiro atoms. The Morgan fingerprint density at radius 2 is 2.00 bits per heavy atom. The summed E-state index contributed by atoms with van der Waals surface area (Å²) < 4.78 is 13.6. The summed E-state index contributed by atoms with van der Waals surface area (Å²) in [6, 6.07) is 10.4. The summed E-state index contributed by atoms with van der Waals surface area (Å²) >= 11 is 0. The van der Waals surface area contributed by atoms with Crippen LogP contribution in [-0.2, 0) is 6.54 Å². The van der Waals surface area contributed by atoms with Crippen molar-refractivity contribution in [2.75, 3.05) is 11.9 Å². The van der Waals surface area contributed by atoms with Crippen LogP contribution in [0.15, 0.2) is 42.6 Å². The van der Waals surface area contributed by atoms with Crippen LogP contribution >= 0.6 is 0 Å². The zero-order valence-electron chi connectivity index (χ0n) is 11.0. The highest BCUT2D eigenvalue weighted by atomic mass is 19.1. The number of halogens is 1. The molecule has 0 amide bonds. The van der Waals surface area contributed by atoms with Crippen LogP contribution in [-0.4, -0.2) is 17.1 Å². The van der Waals surface area contributed by atoms with Gasteiger partial charge in [0.15, 0.2) is 0 Å². The summed E-state index contributed by atoms with van der Waals surface area (Å²) in [7, 11) is 1.88. The SMILES string of the molecule is C[C@H](O)c1ccc(N(C)Cc2ccccc2F)cn1. The second kappa shape index (κ2) is 5.80. The summed E-state index contributed by atoms with van der Waals surface area (Å²) in [5.74, 6) is -0.206. The molecule has 1 aromatic carbocycles. The van der Waals surface area contributed by atoms with Crippen molar-refractivity contribution in [1.29, 1.82) is 0 Å². The van der Waals surface area contributed by atoms with Crippen LogP contribution in [0.5, 0.6) is 0 Å². The Labute approximate surface area is 112 Å². The standard InChI is InChI=1S/C15H17FN2O/c1-11(19)15-8-7-13(9-17-15)18(2)10-12-5-3-4-6-14(12)16/h3-9,11,19H,10H2,1-2H3/t11-/m0/s1. The Morgan fingerprint density at radius 3 is 2.58 bits per heavy atom. The second-order valence-corrected chi connectivity index (χ2v) is 4.56. The van der Waals surface area contributed by atoms with Gasteiger partial charge in [0.25, 0.3) is 0 Å². The second-order valence-electron chi connectivity index (χ2n) is 4.56. The van der Waals surface area contributed by atoms with E-state index in [0.29, 0.717) is 17.8 Å². The van der Waals surface area contributed by atoms with Crippen molar-refractivity contribution in [3.05, 3.63) is 59.7 Å². The molecule has 0 unspecified atom stereocenters. The van der Waals surface area contributed by atoms with E-state index >= 15 is 0 Å². The van der Waals surface area contributed by atoms with E-state index in [1.54, 1.807) is 31.3 Å². The zero-order chi connectivity index (χ0) is 13.8. The Bertz CT molecular complexity index is 540. The van der Waals surface area contributed by atoms with Gasteiger partial charge in [-0.05, 0) is 25.1 Å². The van der Waals surface area contributed by atoms with Crippen LogP contribution in [0.3, 0.4) is 0 Å². The fraction of sp³-hybridized carbons (Fsp3) is 0.267. The van der Waals surface area contributed by atoms with Crippen molar-refractivity contribution in [2.45, 2.75) is 19.6 Å². The third-order valence-electron chi connectivity index (χ3n) is 3.00. The lowest BCUT2D eigenvalue weighted by molar-refractivity contribution is 0.194. The minimum Gasteiger partial charge on any atom is -0.387 e. The average molecular weight is 260 g/mol. The van der Waals surface area contributed by atoms with Crippen LogP contribution in [0.2, 0.25) is 0 Å². The molecule has 0 aliphatic rings. The number of rotatable bonds is 4. The molecule has 1 atom stereocenters. The van der Waals surface area contributed by atoms with E-state index in [2.05, 4.69) is 4.98 Å². The molecule has 19 heavy (non-hydrogen) atoms. The lowest BCUT2D eigenvalue weighted by atomic mass is 10.2. The van der Waals surface area contributed by atoms with E-state index in [1.807, 2.05) is 24.1 Å². The summed E-state index contributed by atoms with van der Waals surface area (Å²) in [6.07, 6.45) is 1.11. The Balaban J connectivity index is 2.12. The molecule has 0 fully saturated rings. The van der Waals surface area contributed by atoms with Gasteiger partial charge in [0.1, 0.15) is 5.82 Å². The highest BCUT2D eigenvalue weighted by Crippen LogP contribution is 2.18. The molecule has 100 valence electrons. The van der Waals surface area contributed by atoms with Gasteiger partial charge in [-0.2, -0.15) is 0 Å². The molecule has 0 aliphatic carbocycles. The molecule has 3 nitrogen and oxygen atoms in total. The summed E-state index contributed by atoms with van der Waals surface area (Å²) in [6.45, 7) is 2.15. The smallest absolute Gasteiger partial charge is 0.128 e. The van der Waals surface area contributed by atoms with E-state index in [4.69, 9.17) is 0 Å². The molecule has 0 bridgehead atoms. The highest BCUT2D eigenvalue weighted by molar-refractivity contribution is 5.44. The number of pyridine rings is 1. The van der Waals surface area contributed by atoms with Gasteiger partial charge >= 0.3 is 0 Å². The van der Waals surface area contributed by atoms with E-state index in [-0.39, 0.29) is 5.82 Å². The Morgan fingerprint density at radius 1 is 1.26 bits per heavy atom. The van der Waals surface area contributed by atoms with E-state index in [1.165, 1.54) is 6.07 Å². The molecular formula is C15H17FN2O. The predicted molar refractivity (Wildman–Crippen MR) is 73.4 cm³/mol. The van der Waals surface area contributed by atoms with Gasteiger partial charge in [-0.25, -0.2) is 4.39 Å².